The molecule has 2 N–H and O–H groups in total. The predicted molar refractivity (Wildman–Crippen MR) is 87.2 cm³/mol. The fourth-order valence-corrected chi connectivity index (χ4v) is 3.42. The van der Waals surface area contributed by atoms with Gasteiger partial charge in [0.15, 0.2) is 0 Å². The van der Waals surface area contributed by atoms with Crippen LogP contribution in [-0.2, 0) is 11.3 Å². The summed E-state index contributed by atoms with van der Waals surface area (Å²) in [5, 5.41) is 10.4. The summed E-state index contributed by atoms with van der Waals surface area (Å²) in [6.45, 7) is 5.43. The number of carbonyl (C=O) groups excluding carboxylic acids is 1. The molecule has 2 aromatic heterocycles. The maximum absolute atomic E-state index is 11.7. The molecule has 0 aromatic carbocycles. The van der Waals surface area contributed by atoms with E-state index in [0.29, 0.717) is 0 Å². The molecule has 2 rings (SSSR count). The fraction of sp³-hybridized carbons (Fsp3) is 0.400. The summed E-state index contributed by atoms with van der Waals surface area (Å²) in [6.07, 6.45) is 0.966. The van der Waals surface area contributed by atoms with Gasteiger partial charge in [0.2, 0.25) is 5.91 Å². The first-order valence-electron chi connectivity index (χ1n) is 6.83. The van der Waals surface area contributed by atoms with Crippen molar-refractivity contribution >= 4 is 28.6 Å². The first-order chi connectivity index (χ1) is 9.70. The maximum atomic E-state index is 11.7. The molecule has 2 aromatic rings. The van der Waals surface area contributed by atoms with Gasteiger partial charge in [-0.15, -0.1) is 22.7 Å². The minimum atomic E-state index is -0.158. The van der Waals surface area contributed by atoms with Crippen LogP contribution in [0, 0.1) is 0 Å². The Morgan fingerprint density at radius 3 is 2.95 bits per heavy atom. The molecule has 0 bridgehead atoms. The zero-order valence-corrected chi connectivity index (χ0v) is 13.4. The summed E-state index contributed by atoms with van der Waals surface area (Å²) < 4.78 is 0. The largest absolute Gasteiger partial charge is 0.355 e. The third-order valence-electron chi connectivity index (χ3n) is 2.98. The van der Waals surface area contributed by atoms with Crippen molar-refractivity contribution in [1.82, 2.24) is 10.6 Å². The lowest BCUT2D eigenvalue weighted by Gasteiger charge is -2.12. The van der Waals surface area contributed by atoms with E-state index in [4.69, 9.17) is 0 Å². The van der Waals surface area contributed by atoms with Crippen LogP contribution in [0.1, 0.15) is 25.1 Å². The quantitative estimate of drug-likeness (QED) is 0.822. The summed E-state index contributed by atoms with van der Waals surface area (Å²) in [5.41, 5.74) is 1.27. The maximum Gasteiger partial charge on any atom is 0.236 e. The monoisotopic (exact) mass is 308 g/mol. The van der Waals surface area contributed by atoms with Crippen LogP contribution >= 0.6 is 22.7 Å². The molecule has 0 radical (unpaired) electrons. The summed E-state index contributed by atoms with van der Waals surface area (Å²) in [6, 6.07) is 6.23. The van der Waals surface area contributed by atoms with Crippen LogP contribution in [0.2, 0.25) is 0 Å². The van der Waals surface area contributed by atoms with Crippen LogP contribution in [-0.4, -0.2) is 18.5 Å². The van der Waals surface area contributed by atoms with Gasteiger partial charge < -0.3 is 10.6 Å². The number of hydrogen-bond acceptors (Lipinski definition) is 4. The SMILES string of the molecule is CCCNC(=O)C(C)NCc1cc(-c2cccs2)cs1. The molecule has 0 fully saturated rings. The summed E-state index contributed by atoms with van der Waals surface area (Å²) >= 11 is 3.48. The Balaban J connectivity index is 1.84. The lowest BCUT2D eigenvalue weighted by molar-refractivity contribution is -0.122. The molecule has 1 atom stereocenters. The van der Waals surface area contributed by atoms with E-state index in [-0.39, 0.29) is 11.9 Å². The van der Waals surface area contributed by atoms with Crippen LogP contribution < -0.4 is 10.6 Å². The lowest BCUT2D eigenvalue weighted by atomic mass is 10.2. The molecule has 0 aliphatic rings. The van der Waals surface area contributed by atoms with E-state index in [2.05, 4.69) is 46.5 Å². The summed E-state index contributed by atoms with van der Waals surface area (Å²) in [5.74, 6) is 0.0712. The Morgan fingerprint density at radius 1 is 1.40 bits per heavy atom. The van der Waals surface area contributed by atoms with Gasteiger partial charge in [0.05, 0.1) is 6.04 Å². The number of hydrogen-bond donors (Lipinski definition) is 2. The van der Waals surface area contributed by atoms with Gasteiger partial charge in [-0.25, -0.2) is 0 Å². The molecule has 1 unspecified atom stereocenters. The topological polar surface area (TPSA) is 41.1 Å². The second kappa shape index (κ2) is 7.57. The zero-order valence-electron chi connectivity index (χ0n) is 11.8. The molecule has 1 amide bonds. The first-order valence-corrected chi connectivity index (χ1v) is 8.59. The standard InChI is InChI=1S/C15H20N2OS2/c1-3-6-16-15(18)11(2)17-9-13-8-12(10-20-13)14-5-4-7-19-14/h4-5,7-8,10-11,17H,3,6,9H2,1-2H3,(H,16,18). The Hall–Kier alpha value is -1.17. The van der Waals surface area contributed by atoms with E-state index in [1.807, 2.05) is 6.92 Å². The minimum absolute atomic E-state index is 0.0712. The number of carbonyl (C=O) groups is 1. The Labute approximate surface area is 128 Å². The van der Waals surface area contributed by atoms with Gasteiger partial charge in [0.25, 0.3) is 0 Å². The minimum Gasteiger partial charge on any atom is -0.355 e. The second-order valence-corrected chi connectivity index (χ2v) is 6.62. The number of amides is 1. The molecule has 2 heterocycles. The summed E-state index contributed by atoms with van der Waals surface area (Å²) in [4.78, 5) is 14.3. The van der Waals surface area contributed by atoms with Crippen LogP contribution in [0.3, 0.4) is 0 Å². The molecule has 3 nitrogen and oxygen atoms in total. The highest BCUT2D eigenvalue weighted by atomic mass is 32.1. The lowest BCUT2D eigenvalue weighted by Crippen LogP contribution is -2.41. The number of rotatable bonds is 7. The zero-order chi connectivity index (χ0) is 14.4. The number of nitrogens with one attached hydrogen (secondary N) is 2. The predicted octanol–water partition coefficient (Wildman–Crippen LogP) is 3.48. The van der Waals surface area contributed by atoms with Gasteiger partial charge in [-0.3, -0.25) is 4.79 Å². The molecule has 20 heavy (non-hydrogen) atoms. The van der Waals surface area contributed by atoms with Crippen LogP contribution in [0.15, 0.2) is 29.0 Å². The van der Waals surface area contributed by atoms with Crippen LogP contribution in [0.4, 0.5) is 0 Å². The molecule has 108 valence electrons. The normalized spacial score (nSPS) is 12.3. The van der Waals surface area contributed by atoms with Crippen molar-refractivity contribution in [1.29, 1.82) is 0 Å². The van der Waals surface area contributed by atoms with Crippen molar-refractivity contribution in [3.05, 3.63) is 33.8 Å². The van der Waals surface area contributed by atoms with Crippen LogP contribution in [0.25, 0.3) is 10.4 Å². The van der Waals surface area contributed by atoms with Crippen molar-refractivity contribution in [2.24, 2.45) is 0 Å². The van der Waals surface area contributed by atoms with Gasteiger partial charge in [0, 0.05) is 28.4 Å². The van der Waals surface area contributed by atoms with Crippen LogP contribution in [0.5, 0.6) is 0 Å². The number of thiophene rings is 2. The van der Waals surface area contributed by atoms with Crippen molar-refractivity contribution in [3.8, 4) is 10.4 Å². The van der Waals surface area contributed by atoms with E-state index >= 15 is 0 Å². The van der Waals surface area contributed by atoms with Gasteiger partial charge in [-0.2, -0.15) is 0 Å². The van der Waals surface area contributed by atoms with Crippen molar-refractivity contribution in [3.63, 3.8) is 0 Å². The summed E-state index contributed by atoms with van der Waals surface area (Å²) in [7, 11) is 0. The average molecular weight is 308 g/mol. The average Bonchev–Trinajstić information content (AvgIpc) is 3.12. The molecule has 0 spiro atoms. The Bertz CT molecular complexity index is 534. The molecule has 0 aliphatic carbocycles. The van der Waals surface area contributed by atoms with Gasteiger partial charge in [0.1, 0.15) is 0 Å². The van der Waals surface area contributed by atoms with Gasteiger partial charge in [-0.05, 0) is 36.2 Å². The Kier molecular flexibility index (Phi) is 5.76. The van der Waals surface area contributed by atoms with Crippen molar-refractivity contribution in [2.45, 2.75) is 32.9 Å². The van der Waals surface area contributed by atoms with E-state index in [0.717, 1.165) is 19.5 Å². The van der Waals surface area contributed by atoms with E-state index in [1.165, 1.54) is 15.3 Å². The third-order valence-corrected chi connectivity index (χ3v) is 4.84. The smallest absolute Gasteiger partial charge is 0.236 e. The van der Waals surface area contributed by atoms with Gasteiger partial charge >= 0.3 is 0 Å². The third kappa shape index (κ3) is 4.16. The highest BCUT2D eigenvalue weighted by molar-refractivity contribution is 7.14. The molecule has 0 saturated heterocycles. The van der Waals surface area contributed by atoms with Crippen molar-refractivity contribution < 1.29 is 4.79 Å². The molecule has 0 aliphatic heterocycles. The van der Waals surface area contributed by atoms with Crippen molar-refractivity contribution in [2.75, 3.05) is 6.54 Å². The Morgan fingerprint density at radius 2 is 2.25 bits per heavy atom. The molecular weight excluding hydrogens is 288 g/mol. The van der Waals surface area contributed by atoms with Gasteiger partial charge in [-0.1, -0.05) is 13.0 Å². The molecule has 5 heteroatoms. The van der Waals surface area contributed by atoms with E-state index < -0.39 is 0 Å². The molecule has 0 saturated carbocycles. The first kappa shape index (κ1) is 15.2. The second-order valence-electron chi connectivity index (χ2n) is 4.67. The van der Waals surface area contributed by atoms with E-state index in [9.17, 15) is 4.79 Å². The highest BCUT2D eigenvalue weighted by Gasteiger charge is 2.11. The fourth-order valence-electron chi connectivity index (χ4n) is 1.79. The highest BCUT2D eigenvalue weighted by Crippen LogP contribution is 2.29. The van der Waals surface area contributed by atoms with E-state index in [1.54, 1.807) is 22.7 Å². The molecular formula is C15H20N2OS2.